The standard InChI is InChI=1S/C11H16N4/c1-14(2)10-8-11(13-9-12-10)15-6-4-3-5-7-15/h3-4,8-9H,5-7H2,1-2H3. The number of nitrogens with zero attached hydrogens (tertiary/aromatic N) is 4. The van der Waals surface area contributed by atoms with Crippen molar-refractivity contribution in [3.63, 3.8) is 0 Å². The number of hydrogen-bond acceptors (Lipinski definition) is 4. The molecule has 0 fully saturated rings. The van der Waals surface area contributed by atoms with Gasteiger partial charge >= 0.3 is 0 Å². The Labute approximate surface area is 90.2 Å². The molecule has 4 heteroatoms. The molecule has 0 bridgehead atoms. The van der Waals surface area contributed by atoms with Crippen LogP contribution in [0.25, 0.3) is 0 Å². The second-order valence-corrected chi connectivity index (χ2v) is 3.83. The first-order valence-corrected chi connectivity index (χ1v) is 5.16. The number of aromatic nitrogens is 2. The molecule has 2 heterocycles. The van der Waals surface area contributed by atoms with Crippen LogP contribution in [0.15, 0.2) is 24.5 Å². The van der Waals surface area contributed by atoms with Gasteiger partial charge in [0.1, 0.15) is 18.0 Å². The van der Waals surface area contributed by atoms with E-state index in [-0.39, 0.29) is 0 Å². The summed E-state index contributed by atoms with van der Waals surface area (Å²) in [5.41, 5.74) is 0. The average molecular weight is 204 g/mol. The Bertz CT molecular complexity index is 359. The molecule has 1 aliphatic heterocycles. The molecule has 80 valence electrons. The van der Waals surface area contributed by atoms with Crippen molar-refractivity contribution < 1.29 is 0 Å². The van der Waals surface area contributed by atoms with Crippen molar-refractivity contribution in [2.45, 2.75) is 6.42 Å². The second-order valence-electron chi connectivity index (χ2n) is 3.83. The van der Waals surface area contributed by atoms with Gasteiger partial charge in [-0.25, -0.2) is 9.97 Å². The zero-order valence-electron chi connectivity index (χ0n) is 9.22. The van der Waals surface area contributed by atoms with E-state index in [1.165, 1.54) is 0 Å². The predicted octanol–water partition coefficient (Wildman–Crippen LogP) is 1.31. The fourth-order valence-corrected chi connectivity index (χ4v) is 1.60. The van der Waals surface area contributed by atoms with Gasteiger partial charge in [-0.3, -0.25) is 0 Å². The Morgan fingerprint density at radius 3 is 2.80 bits per heavy atom. The van der Waals surface area contributed by atoms with E-state index in [1.807, 2.05) is 25.1 Å². The SMILES string of the molecule is CN(C)c1cc(N2CC=CCC2)ncn1. The molecule has 0 N–H and O–H groups in total. The third kappa shape index (κ3) is 2.26. The van der Waals surface area contributed by atoms with Crippen molar-refractivity contribution in [3.05, 3.63) is 24.5 Å². The van der Waals surface area contributed by atoms with Gasteiger partial charge in [0.15, 0.2) is 0 Å². The van der Waals surface area contributed by atoms with Gasteiger partial charge in [-0.15, -0.1) is 0 Å². The maximum Gasteiger partial charge on any atom is 0.134 e. The Morgan fingerprint density at radius 2 is 2.13 bits per heavy atom. The molecule has 0 unspecified atom stereocenters. The number of hydrogen-bond donors (Lipinski definition) is 0. The molecule has 0 aromatic carbocycles. The van der Waals surface area contributed by atoms with Crippen LogP contribution in [0, 0.1) is 0 Å². The monoisotopic (exact) mass is 204 g/mol. The summed E-state index contributed by atoms with van der Waals surface area (Å²) in [6.07, 6.45) is 7.12. The Kier molecular flexibility index (Phi) is 2.85. The molecular weight excluding hydrogens is 188 g/mol. The van der Waals surface area contributed by atoms with Gasteiger partial charge in [-0.2, -0.15) is 0 Å². The van der Waals surface area contributed by atoms with Crippen LogP contribution >= 0.6 is 0 Å². The maximum absolute atomic E-state index is 4.30. The topological polar surface area (TPSA) is 32.3 Å². The van der Waals surface area contributed by atoms with Gasteiger partial charge in [-0.05, 0) is 6.42 Å². The van der Waals surface area contributed by atoms with E-state index in [2.05, 4.69) is 27.0 Å². The molecule has 0 aliphatic carbocycles. The predicted molar refractivity (Wildman–Crippen MR) is 62.3 cm³/mol. The minimum Gasteiger partial charge on any atom is -0.363 e. The average Bonchev–Trinajstić information content (AvgIpc) is 2.30. The van der Waals surface area contributed by atoms with E-state index in [0.717, 1.165) is 31.1 Å². The molecular formula is C11H16N4. The molecule has 0 spiro atoms. The molecule has 15 heavy (non-hydrogen) atoms. The maximum atomic E-state index is 4.30. The minimum atomic E-state index is 0.948. The van der Waals surface area contributed by atoms with Crippen LogP contribution < -0.4 is 9.80 Å². The van der Waals surface area contributed by atoms with Gasteiger partial charge < -0.3 is 9.80 Å². The van der Waals surface area contributed by atoms with Gasteiger partial charge in [0.25, 0.3) is 0 Å². The quantitative estimate of drug-likeness (QED) is 0.680. The Balaban J connectivity index is 2.20. The molecule has 0 saturated heterocycles. The van der Waals surface area contributed by atoms with Gasteiger partial charge in [0.05, 0.1) is 0 Å². The van der Waals surface area contributed by atoms with E-state index in [0.29, 0.717) is 0 Å². The summed E-state index contributed by atoms with van der Waals surface area (Å²) >= 11 is 0. The lowest BCUT2D eigenvalue weighted by molar-refractivity contribution is 0.801. The molecule has 0 radical (unpaired) electrons. The molecule has 0 amide bonds. The highest BCUT2D eigenvalue weighted by Crippen LogP contribution is 2.17. The zero-order chi connectivity index (χ0) is 10.7. The van der Waals surface area contributed by atoms with Crippen LogP contribution in [0.2, 0.25) is 0 Å². The Hall–Kier alpha value is -1.58. The Morgan fingerprint density at radius 1 is 1.27 bits per heavy atom. The molecule has 0 atom stereocenters. The second kappa shape index (κ2) is 4.29. The molecule has 1 aromatic heterocycles. The molecule has 4 nitrogen and oxygen atoms in total. The molecule has 1 aromatic rings. The first-order chi connectivity index (χ1) is 7.27. The van der Waals surface area contributed by atoms with Crippen molar-refractivity contribution in [2.75, 3.05) is 37.0 Å². The fraction of sp³-hybridized carbons (Fsp3) is 0.455. The lowest BCUT2D eigenvalue weighted by Crippen LogP contribution is -2.28. The summed E-state index contributed by atoms with van der Waals surface area (Å²) in [6.45, 7) is 1.99. The van der Waals surface area contributed by atoms with Crippen LogP contribution in [0.3, 0.4) is 0 Å². The van der Waals surface area contributed by atoms with Crippen molar-refractivity contribution in [1.82, 2.24) is 9.97 Å². The van der Waals surface area contributed by atoms with Crippen molar-refractivity contribution >= 4 is 11.6 Å². The summed E-state index contributed by atoms with van der Waals surface area (Å²) in [5.74, 6) is 1.97. The van der Waals surface area contributed by atoms with Crippen molar-refractivity contribution in [3.8, 4) is 0 Å². The summed E-state index contributed by atoms with van der Waals surface area (Å²) in [5, 5.41) is 0. The minimum absolute atomic E-state index is 0.948. The van der Waals surface area contributed by atoms with Crippen LogP contribution in [0.1, 0.15) is 6.42 Å². The van der Waals surface area contributed by atoms with Crippen LogP contribution in [-0.2, 0) is 0 Å². The summed E-state index contributed by atoms with van der Waals surface area (Å²) in [4.78, 5) is 12.8. The molecule has 0 saturated carbocycles. The number of anilines is 2. The first-order valence-electron chi connectivity index (χ1n) is 5.16. The molecule has 1 aliphatic rings. The van der Waals surface area contributed by atoms with E-state index < -0.39 is 0 Å². The third-order valence-corrected chi connectivity index (χ3v) is 2.48. The van der Waals surface area contributed by atoms with E-state index >= 15 is 0 Å². The highest BCUT2D eigenvalue weighted by atomic mass is 15.2. The van der Waals surface area contributed by atoms with E-state index in [9.17, 15) is 0 Å². The van der Waals surface area contributed by atoms with Crippen LogP contribution in [-0.4, -0.2) is 37.2 Å². The van der Waals surface area contributed by atoms with Crippen molar-refractivity contribution in [1.29, 1.82) is 0 Å². The molecule has 2 rings (SSSR count). The zero-order valence-corrected chi connectivity index (χ0v) is 9.22. The van der Waals surface area contributed by atoms with Gasteiger partial charge in [-0.1, -0.05) is 12.2 Å². The lowest BCUT2D eigenvalue weighted by Gasteiger charge is -2.25. The highest BCUT2D eigenvalue weighted by molar-refractivity contribution is 5.50. The fourth-order valence-electron chi connectivity index (χ4n) is 1.60. The summed E-state index contributed by atoms with van der Waals surface area (Å²) < 4.78 is 0. The normalized spacial score (nSPS) is 15.5. The lowest BCUT2D eigenvalue weighted by atomic mass is 10.2. The third-order valence-electron chi connectivity index (χ3n) is 2.48. The van der Waals surface area contributed by atoms with Gasteiger partial charge in [0.2, 0.25) is 0 Å². The van der Waals surface area contributed by atoms with Gasteiger partial charge in [0, 0.05) is 33.3 Å². The smallest absolute Gasteiger partial charge is 0.134 e. The van der Waals surface area contributed by atoms with Crippen LogP contribution in [0.5, 0.6) is 0 Å². The largest absolute Gasteiger partial charge is 0.363 e. The summed E-state index contributed by atoms with van der Waals surface area (Å²) in [7, 11) is 3.98. The van der Waals surface area contributed by atoms with E-state index in [4.69, 9.17) is 0 Å². The summed E-state index contributed by atoms with van der Waals surface area (Å²) in [6, 6.07) is 2.03. The highest BCUT2D eigenvalue weighted by Gasteiger charge is 2.09. The van der Waals surface area contributed by atoms with Crippen molar-refractivity contribution in [2.24, 2.45) is 0 Å². The number of rotatable bonds is 2. The first kappa shape index (κ1) is 9.96. The van der Waals surface area contributed by atoms with E-state index in [1.54, 1.807) is 6.33 Å². The van der Waals surface area contributed by atoms with Crippen LogP contribution in [0.4, 0.5) is 11.6 Å².